The summed E-state index contributed by atoms with van der Waals surface area (Å²) in [4.78, 5) is 16.6. The number of aromatic nitrogens is 4. The van der Waals surface area contributed by atoms with Crippen molar-refractivity contribution >= 4 is 57.7 Å². The standard InChI is InChI=1S/C12H16ClN3O.C11H12ClN3.2O2S/c1-3-8-4-5-11(17-2)16-12(8)9-6-15-10(13)7-14-9;1-2-8-4-3-5-13-11(8)9-6-15-10(12)7-14-9;2*1-3-2/h6-7,11,16H,3-5H2,1-2H3;3,5-7,13H,2,4H2,1H3;;. The molecular formula is C23H28Cl2N6O5S2. The van der Waals surface area contributed by atoms with Crippen LogP contribution in [0.2, 0.25) is 10.3 Å². The molecule has 0 saturated heterocycles. The largest absolute Gasteiger partial charge is 0.362 e. The number of ether oxygens (including phenoxy) is 1. The maximum absolute atomic E-state index is 8.29. The predicted octanol–water partition coefficient (Wildman–Crippen LogP) is 4.02. The van der Waals surface area contributed by atoms with E-state index in [1.165, 1.54) is 11.1 Å². The minimum Gasteiger partial charge on any atom is -0.362 e. The Bertz CT molecular complexity index is 1170. The van der Waals surface area contributed by atoms with Gasteiger partial charge in [-0.2, -0.15) is 16.8 Å². The van der Waals surface area contributed by atoms with Crippen molar-refractivity contribution in [3.63, 3.8) is 0 Å². The minimum absolute atomic E-state index is 0.0535. The summed E-state index contributed by atoms with van der Waals surface area (Å²) in [6.07, 6.45) is 15.6. The molecule has 1 atom stereocenters. The summed E-state index contributed by atoms with van der Waals surface area (Å²) in [6.45, 7) is 4.28. The van der Waals surface area contributed by atoms with Crippen LogP contribution in [0.3, 0.4) is 0 Å². The van der Waals surface area contributed by atoms with Crippen LogP contribution in [0, 0.1) is 0 Å². The van der Waals surface area contributed by atoms with Crippen LogP contribution < -0.4 is 10.6 Å². The summed E-state index contributed by atoms with van der Waals surface area (Å²) < 4.78 is 38.5. The molecule has 11 nitrogen and oxygen atoms in total. The molecular weight excluding hydrogens is 575 g/mol. The van der Waals surface area contributed by atoms with Crippen LogP contribution in [-0.2, 0) is 27.9 Å². The second-order valence-electron chi connectivity index (χ2n) is 7.41. The van der Waals surface area contributed by atoms with Crippen LogP contribution in [0.25, 0.3) is 11.4 Å². The third kappa shape index (κ3) is 11.3. The third-order valence-corrected chi connectivity index (χ3v) is 5.71. The number of rotatable bonds is 5. The van der Waals surface area contributed by atoms with Gasteiger partial charge in [0, 0.05) is 7.11 Å². The zero-order chi connectivity index (χ0) is 28.3. The summed E-state index contributed by atoms with van der Waals surface area (Å²) in [6, 6.07) is 0. The second kappa shape index (κ2) is 19.3. The number of hydrogen-bond acceptors (Lipinski definition) is 11. The molecule has 4 heterocycles. The Morgan fingerprint density at radius 2 is 1.39 bits per heavy atom. The van der Waals surface area contributed by atoms with E-state index in [2.05, 4.69) is 50.5 Å². The van der Waals surface area contributed by atoms with Gasteiger partial charge < -0.3 is 15.4 Å². The van der Waals surface area contributed by atoms with Crippen molar-refractivity contribution in [1.29, 1.82) is 0 Å². The van der Waals surface area contributed by atoms with E-state index in [0.717, 1.165) is 54.9 Å². The van der Waals surface area contributed by atoms with Crippen molar-refractivity contribution < 1.29 is 21.6 Å². The maximum atomic E-state index is 8.29. The van der Waals surface area contributed by atoms with Crippen LogP contribution in [0.4, 0.5) is 0 Å². The molecule has 15 heteroatoms. The highest BCUT2D eigenvalue weighted by molar-refractivity contribution is 7.51. The van der Waals surface area contributed by atoms with E-state index >= 15 is 0 Å². The highest BCUT2D eigenvalue weighted by Crippen LogP contribution is 2.27. The molecule has 2 aliphatic rings. The van der Waals surface area contributed by atoms with Gasteiger partial charge in [0.05, 0.1) is 36.2 Å². The second-order valence-corrected chi connectivity index (χ2v) is 8.45. The lowest BCUT2D eigenvalue weighted by Crippen LogP contribution is -2.34. The molecule has 1 unspecified atom stereocenters. The molecule has 0 aliphatic carbocycles. The molecule has 206 valence electrons. The first-order valence-electron chi connectivity index (χ1n) is 11.3. The molecule has 4 rings (SSSR count). The molecule has 2 aromatic rings. The Kier molecular flexibility index (Phi) is 16.8. The molecule has 2 aliphatic heterocycles. The summed E-state index contributed by atoms with van der Waals surface area (Å²) in [7, 11) is 1.71. The number of nitrogens with zero attached hydrogens (tertiary/aromatic N) is 4. The van der Waals surface area contributed by atoms with Gasteiger partial charge in [-0.3, -0.25) is 0 Å². The Labute approximate surface area is 238 Å². The van der Waals surface area contributed by atoms with Gasteiger partial charge >= 0.3 is 23.1 Å². The van der Waals surface area contributed by atoms with E-state index in [1.807, 2.05) is 6.20 Å². The summed E-state index contributed by atoms with van der Waals surface area (Å²) in [5, 5.41) is 7.39. The van der Waals surface area contributed by atoms with Gasteiger partial charge in [0.2, 0.25) is 0 Å². The smallest absolute Gasteiger partial charge is 0.335 e. The van der Waals surface area contributed by atoms with Crippen molar-refractivity contribution in [2.24, 2.45) is 0 Å². The molecule has 0 aromatic carbocycles. The fourth-order valence-electron chi connectivity index (χ4n) is 3.56. The summed E-state index contributed by atoms with van der Waals surface area (Å²) >= 11 is 9.94. The average Bonchev–Trinajstić information content (AvgIpc) is 2.95. The third-order valence-electron chi connectivity index (χ3n) is 5.32. The zero-order valence-electron chi connectivity index (χ0n) is 21.0. The first-order valence-corrected chi connectivity index (χ1v) is 13.4. The molecule has 0 fully saturated rings. The zero-order valence-corrected chi connectivity index (χ0v) is 24.1. The van der Waals surface area contributed by atoms with Crippen molar-refractivity contribution in [2.75, 3.05) is 7.11 Å². The van der Waals surface area contributed by atoms with Gasteiger partial charge in [-0.1, -0.05) is 43.1 Å². The number of allylic oxidation sites excluding steroid dienone is 3. The number of methoxy groups -OCH3 is 1. The molecule has 0 amide bonds. The van der Waals surface area contributed by atoms with Crippen LogP contribution in [0.1, 0.15) is 57.3 Å². The van der Waals surface area contributed by atoms with Crippen molar-refractivity contribution in [3.8, 4) is 0 Å². The number of dihydropyridines is 1. The lowest BCUT2D eigenvalue weighted by Gasteiger charge is -2.27. The van der Waals surface area contributed by atoms with Crippen LogP contribution in [-0.4, -0.2) is 50.1 Å². The van der Waals surface area contributed by atoms with E-state index in [9.17, 15) is 0 Å². The summed E-state index contributed by atoms with van der Waals surface area (Å²) in [5.74, 6) is 0. The lowest BCUT2D eigenvalue weighted by molar-refractivity contribution is 0.0771. The molecule has 2 N–H and O–H groups in total. The normalized spacial score (nSPS) is 15.8. The Morgan fingerprint density at radius 3 is 1.84 bits per heavy atom. The monoisotopic (exact) mass is 602 g/mol. The van der Waals surface area contributed by atoms with Crippen molar-refractivity contribution in [1.82, 2.24) is 30.6 Å². The Balaban J connectivity index is 0.000000317. The molecule has 2 aromatic heterocycles. The Morgan fingerprint density at radius 1 is 0.868 bits per heavy atom. The van der Waals surface area contributed by atoms with E-state index < -0.39 is 23.1 Å². The molecule has 0 spiro atoms. The number of halogens is 2. The number of nitrogens with one attached hydrogen (secondary N) is 2. The fourth-order valence-corrected chi connectivity index (χ4v) is 3.75. The van der Waals surface area contributed by atoms with E-state index in [1.54, 1.807) is 31.9 Å². The molecule has 38 heavy (non-hydrogen) atoms. The highest BCUT2D eigenvalue weighted by Gasteiger charge is 2.20. The minimum atomic E-state index is -0.750. The van der Waals surface area contributed by atoms with Crippen LogP contribution >= 0.6 is 23.2 Å². The lowest BCUT2D eigenvalue weighted by atomic mass is 9.99. The SMILES string of the molecule is CCC1=C(c2cnc(Cl)cn2)NC(OC)CC1.CCC1=C(c2cnc(Cl)cn2)NC=CC1.O=S=O.O=S=O. The van der Waals surface area contributed by atoms with Crippen molar-refractivity contribution in [2.45, 2.75) is 52.2 Å². The quantitative estimate of drug-likeness (QED) is 0.509. The first kappa shape index (κ1) is 33.2. The Hall–Kier alpha value is -2.84. The summed E-state index contributed by atoms with van der Waals surface area (Å²) in [5.41, 5.74) is 6.47. The number of hydrogen-bond donors (Lipinski definition) is 2. The first-order chi connectivity index (χ1) is 18.4. The van der Waals surface area contributed by atoms with E-state index in [0.29, 0.717) is 10.3 Å². The van der Waals surface area contributed by atoms with Crippen LogP contribution in [0.15, 0.2) is 48.2 Å². The molecule has 0 radical (unpaired) electrons. The van der Waals surface area contributed by atoms with Gasteiger partial charge in [0.1, 0.15) is 27.9 Å². The van der Waals surface area contributed by atoms with E-state index in [4.69, 9.17) is 44.8 Å². The highest BCUT2D eigenvalue weighted by atomic mass is 35.5. The van der Waals surface area contributed by atoms with Crippen molar-refractivity contribution in [3.05, 3.63) is 69.9 Å². The van der Waals surface area contributed by atoms with Gasteiger partial charge in [-0.25, -0.2) is 19.9 Å². The van der Waals surface area contributed by atoms with Gasteiger partial charge in [-0.15, -0.1) is 0 Å². The van der Waals surface area contributed by atoms with Crippen LogP contribution in [0.5, 0.6) is 0 Å². The fraction of sp³-hybridized carbons (Fsp3) is 0.391. The van der Waals surface area contributed by atoms with Gasteiger partial charge in [0.15, 0.2) is 0 Å². The predicted molar refractivity (Wildman–Crippen MR) is 146 cm³/mol. The average molecular weight is 604 g/mol. The molecule has 0 saturated carbocycles. The van der Waals surface area contributed by atoms with E-state index in [-0.39, 0.29) is 6.23 Å². The topological polar surface area (TPSA) is 153 Å². The van der Waals surface area contributed by atoms with Gasteiger partial charge in [-0.05, 0) is 49.5 Å². The van der Waals surface area contributed by atoms with Gasteiger partial charge in [0.25, 0.3) is 0 Å². The molecule has 0 bridgehead atoms. The maximum Gasteiger partial charge on any atom is 0.335 e.